The Kier molecular flexibility index (Phi) is 4.95. The van der Waals surface area contributed by atoms with Crippen molar-refractivity contribution in [2.24, 2.45) is 0 Å². The zero-order valence-electron chi connectivity index (χ0n) is 11.5. The van der Waals surface area contributed by atoms with Gasteiger partial charge in [0, 0.05) is 16.6 Å². The van der Waals surface area contributed by atoms with Crippen LogP contribution in [0.5, 0.6) is 0 Å². The average molecular weight is 355 g/mol. The molecule has 0 atom stereocenters. The molecule has 0 unspecified atom stereocenters. The number of nitrogens with zero attached hydrogens (tertiary/aromatic N) is 1. The molecule has 0 fully saturated rings. The third kappa shape index (κ3) is 3.60. The molecular formula is C14H16BrFN4O. The summed E-state index contributed by atoms with van der Waals surface area (Å²) in [6.45, 7) is 2.08. The highest BCUT2D eigenvalue weighted by Crippen LogP contribution is 2.17. The highest BCUT2D eigenvalue weighted by Gasteiger charge is 2.17. The van der Waals surface area contributed by atoms with Crippen molar-refractivity contribution in [2.45, 2.75) is 26.3 Å². The van der Waals surface area contributed by atoms with Gasteiger partial charge in [-0.15, -0.1) is 0 Å². The van der Waals surface area contributed by atoms with E-state index in [0.29, 0.717) is 11.3 Å². The smallest absolute Gasteiger partial charge is 0.274 e. The Morgan fingerprint density at radius 2 is 2.29 bits per heavy atom. The lowest BCUT2D eigenvalue weighted by Gasteiger charge is -2.06. The highest BCUT2D eigenvalue weighted by molar-refractivity contribution is 9.10. The second-order valence-corrected chi connectivity index (χ2v) is 5.55. The van der Waals surface area contributed by atoms with Crippen molar-refractivity contribution >= 4 is 27.5 Å². The van der Waals surface area contributed by atoms with E-state index in [1.54, 1.807) is 12.1 Å². The van der Waals surface area contributed by atoms with Crippen LogP contribution in [0.25, 0.3) is 0 Å². The van der Waals surface area contributed by atoms with Crippen LogP contribution in [0.15, 0.2) is 22.7 Å². The third-order valence-corrected chi connectivity index (χ3v) is 3.54. The number of nitrogens with one attached hydrogen (secondary N) is 2. The fraction of sp³-hybridized carbons (Fsp3) is 0.286. The number of anilines is 1. The molecule has 7 heteroatoms. The summed E-state index contributed by atoms with van der Waals surface area (Å²) in [6.07, 6.45) is 1.63. The largest absolute Gasteiger partial charge is 0.395 e. The van der Waals surface area contributed by atoms with E-state index in [0.717, 1.165) is 23.0 Å². The standard InChI is InChI=1S/C14H16BrFN4O/c1-2-3-11-12(17)13(20-19-11)14(21)18-7-8-6-9(15)4-5-10(8)16/h4-6H,2-3,7,17H2,1H3,(H,18,21)(H,19,20). The van der Waals surface area contributed by atoms with Crippen molar-refractivity contribution in [3.63, 3.8) is 0 Å². The Bertz CT molecular complexity index is 656. The summed E-state index contributed by atoms with van der Waals surface area (Å²) >= 11 is 3.26. The van der Waals surface area contributed by atoms with Gasteiger partial charge in [-0.1, -0.05) is 29.3 Å². The summed E-state index contributed by atoms with van der Waals surface area (Å²) in [5, 5.41) is 9.30. The van der Waals surface area contributed by atoms with Crippen LogP contribution in [-0.2, 0) is 13.0 Å². The average Bonchev–Trinajstić information content (AvgIpc) is 2.81. The number of carbonyl (C=O) groups excluding carboxylic acids is 1. The van der Waals surface area contributed by atoms with Crippen molar-refractivity contribution in [2.75, 3.05) is 5.73 Å². The molecule has 1 heterocycles. The second kappa shape index (κ2) is 6.71. The summed E-state index contributed by atoms with van der Waals surface area (Å²) in [5.74, 6) is -0.800. The van der Waals surface area contributed by atoms with Gasteiger partial charge in [0.2, 0.25) is 0 Å². The van der Waals surface area contributed by atoms with Crippen molar-refractivity contribution in [3.05, 3.63) is 45.4 Å². The molecule has 2 aromatic rings. The van der Waals surface area contributed by atoms with Crippen LogP contribution in [0, 0.1) is 5.82 Å². The molecule has 1 aromatic heterocycles. The quantitative estimate of drug-likeness (QED) is 0.771. The summed E-state index contributed by atoms with van der Waals surface area (Å²) in [5.41, 5.74) is 7.51. The van der Waals surface area contributed by atoms with Crippen molar-refractivity contribution < 1.29 is 9.18 Å². The summed E-state index contributed by atoms with van der Waals surface area (Å²) < 4.78 is 14.3. The molecule has 2 rings (SSSR count). The van der Waals surface area contributed by atoms with Crippen molar-refractivity contribution in [1.82, 2.24) is 15.5 Å². The molecule has 112 valence electrons. The van der Waals surface area contributed by atoms with Gasteiger partial charge < -0.3 is 11.1 Å². The Balaban J connectivity index is 2.06. The summed E-state index contributed by atoms with van der Waals surface area (Å²) in [6, 6.07) is 4.56. The van der Waals surface area contributed by atoms with Crippen molar-refractivity contribution in [3.8, 4) is 0 Å². The minimum absolute atomic E-state index is 0.0690. The van der Waals surface area contributed by atoms with E-state index >= 15 is 0 Å². The first kappa shape index (κ1) is 15.5. The maximum absolute atomic E-state index is 13.6. The van der Waals surface area contributed by atoms with E-state index in [4.69, 9.17) is 5.73 Å². The summed E-state index contributed by atoms with van der Waals surface area (Å²) in [7, 11) is 0. The van der Waals surface area contributed by atoms with Gasteiger partial charge in [0.05, 0.1) is 11.4 Å². The van der Waals surface area contributed by atoms with Gasteiger partial charge in [-0.25, -0.2) is 4.39 Å². The van der Waals surface area contributed by atoms with Gasteiger partial charge in [-0.3, -0.25) is 9.89 Å². The normalized spacial score (nSPS) is 10.6. The van der Waals surface area contributed by atoms with E-state index in [2.05, 4.69) is 31.4 Å². The number of rotatable bonds is 5. The van der Waals surface area contributed by atoms with E-state index in [-0.39, 0.29) is 18.1 Å². The van der Waals surface area contributed by atoms with E-state index in [1.165, 1.54) is 6.07 Å². The number of amides is 1. The maximum Gasteiger partial charge on any atom is 0.274 e. The fourth-order valence-corrected chi connectivity index (χ4v) is 2.35. The lowest BCUT2D eigenvalue weighted by molar-refractivity contribution is 0.0946. The Morgan fingerprint density at radius 3 is 3.00 bits per heavy atom. The second-order valence-electron chi connectivity index (χ2n) is 4.63. The number of halogens is 2. The maximum atomic E-state index is 13.6. The number of aromatic amines is 1. The number of carbonyl (C=O) groups is 1. The fourth-order valence-electron chi connectivity index (χ4n) is 1.94. The lowest BCUT2D eigenvalue weighted by Crippen LogP contribution is -2.24. The van der Waals surface area contributed by atoms with Gasteiger partial charge in [-0.2, -0.15) is 5.10 Å². The number of hydrogen-bond acceptors (Lipinski definition) is 3. The Morgan fingerprint density at radius 1 is 1.52 bits per heavy atom. The van der Waals surface area contributed by atoms with Crippen LogP contribution in [0.2, 0.25) is 0 Å². The van der Waals surface area contributed by atoms with Crippen LogP contribution in [0.3, 0.4) is 0 Å². The first-order valence-electron chi connectivity index (χ1n) is 6.57. The van der Waals surface area contributed by atoms with E-state index < -0.39 is 5.91 Å². The molecule has 0 saturated heterocycles. The van der Waals surface area contributed by atoms with Crippen LogP contribution in [0.1, 0.15) is 35.1 Å². The summed E-state index contributed by atoms with van der Waals surface area (Å²) in [4.78, 5) is 12.0. The van der Waals surface area contributed by atoms with Gasteiger partial charge in [-0.05, 0) is 24.6 Å². The van der Waals surface area contributed by atoms with Crippen molar-refractivity contribution in [1.29, 1.82) is 0 Å². The first-order chi connectivity index (χ1) is 10.0. The zero-order chi connectivity index (χ0) is 15.4. The molecule has 0 aliphatic carbocycles. The molecule has 4 N–H and O–H groups in total. The number of hydrogen-bond donors (Lipinski definition) is 3. The Labute approximate surface area is 130 Å². The van der Waals surface area contributed by atoms with Crippen LogP contribution >= 0.6 is 15.9 Å². The van der Waals surface area contributed by atoms with Gasteiger partial charge >= 0.3 is 0 Å². The number of benzene rings is 1. The van der Waals surface area contributed by atoms with E-state index in [9.17, 15) is 9.18 Å². The van der Waals surface area contributed by atoms with E-state index in [1.807, 2.05) is 6.92 Å². The first-order valence-corrected chi connectivity index (χ1v) is 7.37. The molecule has 0 bridgehead atoms. The molecule has 0 aliphatic heterocycles. The number of aromatic nitrogens is 2. The molecule has 5 nitrogen and oxygen atoms in total. The molecule has 1 amide bonds. The minimum Gasteiger partial charge on any atom is -0.395 e. The van der Waals surface area contributed by atoms with Crippen LogP contribution in [0.4, 0.5) is 10.1 Å². The van der Waals surface area contributed by atoms with Gasteiger partial charge in [0.15, 0.2) is 5.69 Å². The highest BCUT2D eigenvalue weighted by atomic mass is 79.9. The topological polar surface area (TPSA) is 83.8 Å². The predicted molar refractivity (Wildman–Crippen MR) is 82.3 cm³/mol. The number of H-pyrrole nitrogens is 1. The minimum atomic E-state index is -0.425. The molecule has 0 saturated carbocycles. The third-order valence-electron chi connectivity index (χ3n) is 3.05. The zero-order valence-corrected chi connectivity index (χ0v) is 13.1. The molecule has 21 heavy (non-hydrogen) atoms. The number of nitrogens with two attached hydrogens (primary N) is 1. The van der Waals surface area contributed by atoms with Gasteiger partial charge in [0.1, 0.15) is 5.82 Å². The van der Waals surface area contributed by atoms with Gasteiger partial charge in [0.25, 0.3) is 5.91 Å². The predicted octanol–water partition coefficient (Wildman–Crippen LogP) is 2.78. The molecule has 1 aromatic carbocycles. The number of aryl methyl sites for hydroxylation is 1. The molecule has 0 radical (unpaired) electrons. The number of nitrogen functional groups attached to an aromatic ring is 1. The van der Waals surface area contributed by atoms with Crippen LogP contribution in [-0.4, -0.2) is 16.1 Å². The molecule has 0 spiro atoms. The SMILES string of the molecule is CCCc1[nH]nc(C(=O)NCc2cc(Br)ccc2F)c1N. The van der Waals surface area contributed by atoms with Crippen LogP contribution < -0.4 is 11.1 Å². The lowest BCUT2D eigenvalue weighted by atomic mass is 10.2. The molecular weight excluding hydrogens is 339 g/mol. The molecule has 0 aliphatic rings. The monoisotopic (exact) mass is 354 g/mol. The Hall–Kier alpha value is -1.89.